The van der Waals surface area contributed by atoms with Gasteiger partial charge in [0.1, 0.15) is 0 Å². The second-order valence-electron chi connectivity index (χ2n) is 5.03. The second-order valence-corrected chi connectivity index (χ2v) is 5.03. The maximum Gasteiger partial charge on any atom is 0.192 e. The number of nitroso groups, excluding NO2 is 1. The molecule has 3 aromatic rings. The Morgan fingerprint density at radius 3 is 2.39 bits per heavy atom. The molecule has 23 heavy (non-hydrogen) atoms. The summed E-state index contributed by atoms with van der Waals surface area (Å²) >= 11 is 0. The predicted octanol–water partition coefficient (Wildman–Crippen LogP) is 4.18. The molecule has 0 aliphatic carbocycles. The zero-order chi connectivity index (χ0) is 16.2. The summed E-state index contributed by atoms with van der Waals surface area (Å²) in [7, 11) is 0. The third kappa shape index (κ3) is 3.01. The molecule has 0 atom stereocenters. The van der Waals surface area contributed by atoms with E-state index in [0.29, 0.717) is 11.6 Å². The van der Waals surface area contributed by atoms with Gasteiger partial charge in [0, 0.05) is 11.3 Å². The Labute approximate surface area is 133 Å². The van der Waals surface area contributed by atoms with E-state index >= 15 is 0 Å². The van der Waals surface area contributed by atoms with Crippen LogP contribution >= 0.6 is 0 Å². The minimum Gasteiger partial charge on any atom is -0.382 e. The summed E-state index contributed by atoms with van der Waals surface area (Å²) in [5.74, 6) is 0.775. The first-order valence-corrected chi connectivity index (χ1v) is 7.08. The lowest BCUT2D eigenvalue weighted by Gasteiger charge is -2.12. The summed E-state index contributed by atoms with van der Waals surface area (Å²) in [6.45, 7) is 1.96. The summed E-state index contributed by atoms with van der Waals surface area (Å²) < 4.78 is 0. The van der Waals surface area contributed by atoms with E-state index < -0.39 is 0 Å². The standard InChI is InChI=1S/C17H15N5O/c1-11-7-5-6-10-13(11)19-17-14(22-23)15(18)20-16(21-17)12-8-3-2-4-9-12/h2-10H,1H3,(H3,18,19,20,21). The highest BCUT2D eigenvalue weighted by Gasteiger charge is 2.15. The molecule has 0 unspecified atom stereocenters. The molecule has 1 heterocycles. The van der Waals surface area contributed by atoms with Crippen LogP contribution in [0.15, 0.2) is 59.8 Å². The molecule has 3 N–H and O–H groups in total. The zero-order valence-electron chi connectivity index (χ0n) is 12.5. The molecule has 2 aromatic carbocycles. The lowest BCUT2D eigenvalue weighted by atomic mass is 10.2. The average molecular weight is 305 g/mol. The number of nitrogens with two attached hydrogens (primary N) is 1. The third-order valence-electron chi connectivity index (χ3n) is 3.43. The number of benzene rings is 2. The van der Waals surface area contributed by atoms with Gasteiger partial charge in [-0.05, 0) is 23.7 Å². The topological polar surface area (TPSA) is 93.3 Å². The van der Waals surface area contributed by atoms with Crippen molar-refractivity contribution in [2.45, 2.75) is 6.92 Å². The Morgan fingerprint density at radius 2 is 1.70 bits per heavy atom. The molecule has 0 aliphatic rings. The van der Waals surface area contributed by atoms with Crippen LogP contribution in [-0.4, -0.2) is 9.97 Å². The molecule has 0 saturated heterocycles. The van der Waals surface area contributed by atoms with E-state index in [-0.39, 0.29) is 11.5 Å². The second kappa shape index (κ2) is 6.23. The Hall–Kier alpha value is -3.28. The average Bonchev–Trinajstić information content (AvgIpc) is 2.57. The molecule has 0 amide bonds. The third-order valence-corrected chi connectivity index (χ3v) is 3.43. The molecule has 6 nitrogen and oxygen atoms in total. The van der Waals surface area contributed by atoms with Crippen LogP contribution in [0.4, 0.5) is 23.0 Å². The van der Waals surface area contributed by atoms with Gasteiger partial charge in [-0.2, -0.15) is 0 Å². The first-order valence-electron chi connectivity index (χ1n) is 7.08. The predicted molar refractivity (Wildman–Crippen MR) is 91.8 cm³/mol. The number of nitrogens with zero attached hydrogens (tertiary/aromatic N) is 3. The van der Waals surface area contributed by atoms with E-state index in [0.717, 1.165) is 16.8 Å². The van der Waals surface area contributed by atoms with Crippen LogP contribution in [0.25, 0.3) is 11.4 Å². The summed E-state index contributed by atoms with van der Waals surface area (Å²) in [5.41, 5.74) is 8.54. The summed E-state index contributed by atoms with van der Waals surface area (Å²) in [5, 5.41) is 6.09. The number of para-hydroxylation sites is 1. The molecule has 0 bridgehead atoms. The fourth-order valence-electron chi connectivity index (χ4n) is 2.21. The highest BCUT2D eigenvalue weighted by atomic mass is 16.3. The molecule has 114 valence electrons. The number of hydrogen-bond donors (Lipinski definition) is 2. The maximum absolute atomic E-state index is 11.1. The molecule has 0 aliphatic heterocycles. The van der Waals surface area contributed by atoms with Crippen molar-refractivity contribution in [3.63, 3.8) is 0 Å². The van der Waals surface area contributed by atoms with Crippen LogP contribution in [0.1, 0.15) is 5.56 Å². The highest BCUT2D eigenvalue weighted by Crippen LogP contribution is 2.33. The van der Waals surface area contributed by atoms with Crippen LogP contribution in [0.5, 0.6) is 0 Å². The maximum atomic E-state index is 11.1. The molecule has 0 saturated carbocycles. The van der Waals surface area contributed by atoms with Gasteiger partial charge < -0.3 is 11.1 Å². The Bertz CT molecular complexity index is 849. The fraction of sp³-hybridized carbons (Fsp3) is 0.0588. The van der Waals surface area contributed by atoms with E-state index in [4.69, 9.17) is 5.73 Å². The smallest absolute Gasteiger partial charge is 0.192 e. The van der Waals surface area contributed by atoms with Crippen molar-refractivity contribution >= 4 is 23.0 Å². The molecule has 0 fully saturated rings. The van der Waals surface area contributed by atoms with Gasteiger partial charge in [0.15, 0.2) is 23.1 Å². The molecular weight excluding hydrogens is 290 g/mol. The van der Waals surface area contributed by atoms with Crippen LogP contribution in [0.2, 0.25) is 0 Å². The van der Waals surface area contributed by atoms with Crippen LogP contribution in [0, 0.1) is 11.8 Å². The molecule has 6 heteroatoms. The van der Waals surface area contributed by atoms with Crippen molar-refractivity contribution in [3.8, 4) is 11.4 Å². The van der Waals surface area contributed by atoms with Crippen molar-refractivity contribution in [1.82, 2.24) is 9.97 Å². The fourth-order valence-corrected chi connectivity index (χ4v) is 2.21. The van der Waals surface area contributed by atoms with Gasteiger partial charge in [-0.1, -0.05) is 48.5 Å². The lowest BCUT2D eigenvalue weighted by molar-refractivity contribution is 1.17. The van der Waals surface area contributed by atoms with Gasteiger partial charge in [-0.15, -0.1) is 4.91 Å². The van der Waals surface area contributed by atoms with Gasteiger partial charge in [-0.25, -0.2) is 9.97 Å². The van der Waals surface area contributed by atoms with E-state index in [1.165, 1.54) is 0 Å². The monoisotopic (exact) mass is 305 g/mol. The van der Waals surface area contributed by atoms with Gasteiger partial charge in [0.2, 0.25) is 0 Å². The van der Waals surface area contributed by atoms with Gasteiger partial charge in [0.05, 0.1) is 0 Å². The van der Waals surface area contributed by atoms with Gasteiger partial charge >= 0.3 is 0 Å². The van der Waals surface area contributed by atoms with Crippen LogP contribution in [-0.2, 0) is 0 Å². The SMILES string of the molecule is Cc1ccccc1Nc1nc(-c2ccccc2)nc(N)c1N=O. The van der Waals surface area contributed by atoms with Gasteiger partial charge in [-0.3, -0.25) is 0 Å². The van der Waals surface area contributed by atoms with E-state index in [9.17, 15) is 4.91 Å². The minimum atomic E-state index is 0.00735. The number of nitrogens with one attached hydrogen (secondary N) is 1. The van der Waals surface area contributed by atoms with Crippen molar-refractivity contribution < 1.29 is 0 Å². The largest absolute Gasteiger partial charge is 0.382 e. The zero-order valence-corrected chi connectivity index (χ0v) is 12.5. The minimum absolute atomic E-state index is 0.00735. The van der Waals surface area contributed by atoms with Crippen molar-refractivity contribution in [1.29, 1.82) is 0 Å². The number of aryl methyl sites for hydroxylation is 1. The van der Waals surface area contributed by atoms with Crippen molar-refractivity contribution in [2.75, 3.05) is 11.1 Å². The van der Waals surface area contributed by atoms with E-state index in [1.54, 1.807) is 0 Å². The van der Waals surface area contributed by atoms with E-state index in [1.807, 2.05) is 61.5 Å². The Morgan fingerprint density at radius 1 is 1.00 bits per heavy atom. The molecule has 0 spiro atoms. The first-order chi connectivity index (χ1) is 11.2. The summed E-state index contributed by atoms with van der Waals surface area (Å²) in [4.78, 5) is 19.7. The molecule has 1 aromatic heterocycles. The number of anilines is 3. The number of nitrogen functional groups attached to an aromatic ring is 1. The normalized spacial score (nSPS) is 10.3. The first kappa shape index (κ1) is 14.6. The lowest BCUT2D eigenvalue weighted by Crippen LogP contribution is -2.03. The molecule has 0 radical (unpaired) electrons. The Kier molecular flexibility index (Phi) is 3.97. The molecular formula is C17H15N5O. The van der Waals surface area contributed by atoms with Crippen molar-refractivity contribution in [2.24, 2.45) is 5.18 Å². The van der Waals surface area contributed by atoms with Gasteiger partial charge in [0.25, 0.3) is 0 Å². The number of aromatic nitrogens is 2. The Balaban J connectivity index is 2.09. The highest BCUT2D eigenvalue weighted by molar-refractivity contribution is 5.79. The number of rotatable bonds is 4. The summed E-state index contributed by atoms with van der Waals surface area (Å²) in [6.07, 6.45) is 0. The van der Waals surface area contributed by atoms with Crippen LogP contribution < -0.4 is 11.1 Å². The van der Waals surface area contributed by atoms with E-state index in [2.05, 4.69) is 20.5 Å². The summed E-state index contributed by atoms with van der Waals surface area (Å²) in [6, 6.07) is 17.1. The molecule has 3 rings (SSSR count). The van der Waals surface area contributed by atoms with Crippen LogP contribution in [0.3, 0.4) is 0 Å². The van der Waals surface area contributed by atoms with Crippen molar-refractivity contribution in [3.05, 3.63) is 65.1 Å². The number of hydrogen-bond acceptors (Lipinski definition) is 6. The quantitative estimate of drug-likeness (QED) is 0.705.